The lowest BCUT2D eigenvalue weighted by Crippen LogP contribution is -2.62. The Morgan fingerprint density at radius 2 is 1.90 bits per heavy atom. The normalized spacial score (nSPS) is 29.7. The van der Waals surface area contributed by atoms with Gasteiger partial charge in [-0.2, -0.15) is 10.2 Å². The molecule has 2 aromatic rings. The van der Waals surface area contributed by atoms with E-state index in [-0.39, 0.29) is 11.3 Å². The summed E-state index contributed by atoms with van der Waals surface area (Å²) in [6, 6.07) is 11.1. The summed E-state index contributed by atoms with van der Waals surface area (Å²) in [5, 5.41) is 21.3. The minimum Gasteiger partial charge on any atom is -0.369 e. The molecule has 0 spiro atoms. The molecule has 5 atom stereocenters. The van der Waals surface area contributed by atoms with Crippen LogP contribution in [0.5, 0.6) is 0 Å². The van der Waals surface area contributed by atoms with Crippen LogP contribution in [0.3, 0.4) is 0 Å². The van der Waals surface area contributed by atoms with E-state index >= 15 is 0 Å². The fraction of sp³-hybridized carbons (Fsp3) is 0.600. The van der Waals surface area contributed by atoms with E-state index in [0.717, 1.165) is 44.0 Å². The predicted molar refractivity (Wildman–Crippen MR) is 156 cm³/mol. The molecule has 1 saturated heterocycles. The van der Waals surface area contributed by atoms with Crippen LogP contribution in [-0.4, -0.2) is 59.0 Å². The second-order valence-corrected chi connectivity index (χ2v) is 13.0. The predicted octanol–water partition coefficient (Wildman–Crippen LogP) is 3.76. The lowest BCUT2D eigenvalue weighted by Gasteiger charge is -2.61. The van der Waals surface area contributed by atoms with Gasteiger partial charge in [0.05, 0.1) is 12.7 Å². The lowest BCUT2D eigenvalue weighted by molar-refractivity contribution is -0.119. The highest BCUT2D eigenvalue weighted by Crippen LogP contribution is 2.60. The number of carbonyl (C=O) groups excluding carboxylic acids is 1. The maximum absolute atomic E-state index is 11.3. The quantitative estimate of drug-likeness (QED) is 0.344. The first-order chi connectivity index (χ1) is 19.4. The number of carbonyl (C=O) groups is 1. The molecule has 4 bridgehead atoms. The third-order valence-corrected chi connectivity index (χ3v) is 10.1. The van der Waals surface area contributed by atoms with Gasteiger partial charge in [-0.25, -0.2) is 4.98 Å². The summed E-state index contributed by atoms with van der Waals surface area (Å²) < 4.78 is 0. The highest BCUT2D eigenvalue weighted by molar-refractivity contribution is 6.31. The summed E-state index contributed by atoms with van der Waals surface area (Å²) in [5.41, 5.74) is 7.08. The number of rotatable bonds is 10. The number of amides is 1. The van der Waals surface area contributed by atoms with Crippen molar-refractivity contribution in [2.24, 2.45) is 28.9 Å². The molecule has 1 aromatic heterocycles. The zero-order valence-electron chi connectivity index (χ0n) is 22.9. The van der Waals surface area contributed by atoms with Crippen molar-refractivity contribution in [2.75, 3.05) is 36.8 Å². The van der Waals surface area contributed by atoms with Gasteiger partial charge >= 0.3 is 0 Å². The maximum atomic E-state index is 11.3. The van der Waals surface area contributed by atoms with Crippen molar-refractivity contribution in [3.8, 4) is 6.07 Å². The summed E-state index contributed by atoms with van der Waals surface area (Å²) >= 11 is 6.30. The number of nitrogens with one attached hydrogen (secondary N) is 3. The Morgan fingerprint density at radius 1 is 1.15 bits per heavy atom. The number of hydrogen-bond donors (Lipinski definition) is 4. The Kier molecular flexibility index (Phi) is 7.84. The van der Waals surface area contributed by atoms with Gasteiger partial charge in [0, 0.05) is 43.3 Å². The molecule has 212 valence electrons. The zero-order chi connectivity index (χ0) is 27.7. The molecule has 40 heavy (non-hydrogen) atoms. The summed E-state index contributed by atoms with van der Waals surface area (Å²) in [5.74, 6) is 3.05. The van der Waals surface area contributed by atoms with E-state index in [0.29, 0.717) is 59.4 Å². The highest BCUT2D eigenvalue weighted by atomic mass is 35.5. The minimum absolute atomic E-state index is 0.236. The first-order valence-corrected chi connectivity index (χ1v) is 15.0. The molecule has 0 radical (unpaired) electrons. The Morgan fingerprint density at radius 3 is 2.60 bits per heavy atom. The maximum Gasteiger partial charge on any atom is 0.231 e. The van der Waals surface area contributed by atoms with Gasteiger partial charge in [-0.1, -0.05) is 29.8 Å². The van der Waals surface area contributed by atoms with Crippen molar-refractivity contribution in [1.29, 1.82) is 5.26 Å². The molecular formula is C30H39ClN8O. The number of aromatic nitrogens is 2. The second kappa shape index (κ2) is 11.5. The topological polar surface area (TPSA) is 132 Å². The van der Waals surface area contributed by atoms with Crippen LogP contribution in [0, 0.1) is 34.5 Å². The average molecular weight is 563 g/mol. The van der Waals surface area contributed by atoms with Crippen LogP contribution in [0.2, 0.25) is 5.02 Å². The van der Waals surface area contributed by atoms with E-state index < -0.39 is 0 Å². The molecular weight excluding hydrogens is 524 g/mol. The van der Waals surface area contributed by atoms with Crippen molar-refractivity contribution in [3.63, 3.8) is 0 Å². The third kappa shape index (κ3) is 5.90. The number of primary amides is 1. The van der Waals surface area contributed by atoms with Crippen molar-refractivity contribution < 1.29 is 4.79 Å². The monoisotopic (exact) mass is 562 g/mol. The molecule has 7 rings (SSSR count). The third-order valence-electron chi connectivity index (χ3n) is 9.73. The molecule has 5 N–H and O–H groups in total. The van der Waals surface area contributed by atoms with Gasteiger partial charge in [0.25, 0.3) is 0 Å². The van der Waals surface area contributed by atoms with Gasteiger partial charge in [-0.15, -0.1) is 0 Å². The number of nitriles is 1. The van der Waals surface area contributed by atoms with Gasteiger partial charge in [0.1, 0.15) is 17.5 Å². The van der Waals surface area contributed by atoms with E-state index in [1.807, 2.05) is 24.3 Å². The number of anilines is 2. The van der Waals surface area contributed by atoms with Gasteiger partial charge in [-0.05, 0) is 79.7 Å². The van der Waals surface area contributed by atoms with E-state index in [9.17, 15) is 10.1 Å². The van der Waals surface area contributed by atoms with Crippen LogP contribution in [0.25, 0.3) is 0 Å². The summed E-state index contributed by atoms with van der Waals surface area (Å²) in [4.78, 5) is 22.5. The smallest absolute Gasteiger partial charge is 0.231 e. The number of nitrogens with two attached hydrogens (primary N) is 1. The first kappa shape index (κ1) is 27.3. The number of nitrogens with zero attached hydrogens (tertiary/aromatic N) is 4. The van der Waals surface area contributed by atoms with Crippen molar-refractivity contribution in [3.05, 3.63) is 46.6 Å². The standard InChI is InChI=1S/C30H39ClN8O/c31-25-4-2-1-3-20(25)15-34-29-35-16-23(14-32)28(38-29)36-18-30-11-19-9-21(12-30)27(22(10-19)13-30)37-24-5-7-39(8-6-24)17-26(33)40/h1-4,16,19,21-22,24,27,37H,5-13,15,17-18H2,(H2,33,40)(H2,34,35,36,38)/t19?,21-,22+,27-,30-. The van der Waals surface area contributed by atoms with E-state index in [1.54, 1.807) is 6.20 Å². The number of halogens is 1. The average Bonchev–Trinajstić information content (AvgIpc) is 2.94. The minimum atomic E-state index is -0.236. The Bertz CT molecular complexity index is 1260. The number of hydrogen-bond acceptors (Lipinski definition) is 8. The second-order valence-electron chi connectivity index (χ2n) is 12.5. The molecule has 5 fully saturated rings. The fourth-order valence-electron chi connectivity index (χ4n) is 8.20. The molecule has 1 aromatic carbocycles. The Hall–Kier alpha value is -2.93. The van der Waals surface area contributed by atoms with Crippen molar-refractivity contribution in [1.82, 2.24) is 20.2 Å². The first-order valence-electron chi connectivity index (χ1n) is 14.6. The summed E-state index contributed by atoms with van der Waals surface area (Å²) in [6.45, 7) is 3.60. The zero-order valence-corrected chi connectivity index (χ0v) is 23.7. The van der Waals surface area contributed by atoms with Crippen molar-refractivity contribution in [2.45, 2.75) is 63.6 Å². The van der Waals surface area contributed by atoms with E-state index in [4.69, 9.17) is 17.3 Å². The molecule has 1 amide bonds. The SMILES string of the molecule is N#Cc1cnc(NCc2ccccc2Cl)nc1NC[C@]12CC3C[C@H](C1)[C@@H](NC1CCN(CC(N)=O)CC1)[C@@H](C3)C2. The molecule has 2 heterocycles. The number of piperidine rings is 1. The fourth-order valence-corrected chi connectivity index (χ4v) is 8.41. The van der Waals surface area contributed by atoms with Crippen LogP contribution in [0.1, 0.15) is 56.1 Å². The largest absolute Gasteiger partial charge is 0.369 e. The van der Waals surface area contributed by atoms with E-state index in [2.05, 4.69) is 36.9 Å². The molecule has 5 aliphatic rings. The molecule has 9 nitrogen and oxygen atoms in total. The Labute approximate surface area is 241 Å². The Balaban J connectivity index is 1.07. The van der Waals surface area contributed by atoms with Crippen molar-refractivity contribution >= 4 is 29.3 Å². The van der Waals surface area contributed by atoms with Gasteiger partial charge in [0.2, 0.25) is 11.9 Å². The van der Waals surface area contributed by atoms with Crippen LogP contribution >= 0.6 is 11.6 Å². The van der Waals surface area contributed by atoms with Crippen LogP contribution in [-0.2, 0) is 11.3 Å². The van der Waals surface area contributed by atoms with Gasteiger partial charge < -0.3 is 21.7 Å². The number of benzene rings is 1. The number of likely N-dealkylation sites (tertiary alicyclic amines) is 1. The molecule has 1 unspecified atom stereocenters. The lowest BCUT2D eigenvalue weighted by atomic mass is 9.48. The highest BCUT2D eigenvalue weighted by Gasteiger charge is 2.55. The van der Waals surface area contributed by atoms with Gasteiger partial charge in [-0.3, -0.25) is 9.69 Å². The summed E-state index contributed by atoms with van der Waals surface area (Å²) in [6.07, 6.45) is 10.1. The molecule has 10 heteroatoms. The van der Waals surface area contributed by atoms with E-state index in [1.165, 1.54) is 32.1 Å². The molecule has 4 aliphatic carbocycles. The summed E-state index contributed by atoms with van der Waals surface area (Å²) in [7, 11) is 0. The molecule has 1 aliphatic heterocycles. The van der Waals surface area contributed by atoms with Crippen LogP contribution < -0.4 is 21.7 Å². The van der Waals surface area contributed by atoms with Gasteiger partial charge in [0.15, 0.2) is 0 Å². The van der Waals surface area contributed by atoms with Crippen LogP contribution in [0.15, 0.2) is 30.5 Å². The van der Waals surface area contributed by atoms with Crippen LogP contribution in [0.4, 0.5) is 11.8 Å². The molecule has 4 saturated carbocycles.